The molecule has 0 atom stereocenters. The minimum Gasteiger partial charge on any atom is -0.388 e. The molecule has 2 nitrogen and oxygen atoms in total. The second-order valence-electron chi connectivity index (χ2n) is 2.42. The number of anilines is 1. The van der Waals surface area contributed by atoms with Crippen LogP contribution in [-0.4, -0.2) is 13.3 Å². The lowest BCUT2D eigenvalue weighted by atomic mass is 10.1. The van der Waals surface area contributed by atoms with Crippen molar-refractivity contribution >= 4 is 27.9 Å². The molecule has 0 saturated heterocycles. The van der Waals surface area contributed by atoms with Gasteiger partial charge in [-0.3, -0.25) is 0 Å². The summed E-state index contributed by atoms with van der Waals surface area (Å²) in [5.74, 6) is 0. The maximum Gasteiger partial charge on any atom is 0.124 e. The Balaban J connectivity index is 3.03. The van der Waals surface area contributed by atoms with Crippen LogP contribution < -0.4 is 5.32 Å². The van der Waals surface area contributed by atoms with Gasteiger partial charge in [0.15, 0.2) is 0 Å². The Bertz CT molecular complexity index is 286. The molecule has 0 amide bonds. The number of carbonyl (C=O) groups is 1. The predicted molar refractivity (Wildman–Crippen MR) is 53.5 cm³/mol. The lowest BCUT2D eigenvalue weighted by Crippen LogP contribution is -1.95. The van der Waals surface area contributed by atoms with E-state index in [1.54, 1.807) is 0 Å². The zero-order chi connectivity index (χ0) is 8.97. The van der Waals surface area contributed by atoms with Crippen LogP contribution in [0.15, 0.2) is 22.7 Å². The number of benzene rings is 1. The molecule has 0 aliphatic heterocycles. The van der Waals surface area contributed by atoms with E-state index >= 15 is 0 Å². The van der Waals surface area contributed by atoms with Gasteiger partial charge in [0.2, 0.25) is 0 Å². The van der Waals surface area contributed by atoms with Gasteiger partial charge < -0.3 is 10.1 Å². The topological polar surface area (TPSA) is 29.1 Å². The summed E-state index contributed by atoms with van der Waals surface area (Å²) in [5.41, 5.74) is 2.02. The standard InChI is InChI=1S/C9H10BrNO/c1-11-9-3-2-8(10)6-7(9)4-5-12/h2-3,5-6,11H,4H2,1H3. The third kappa shape index (κ3) is 2.08. The minimum atomic E-state index is 0.454. The van der Waals surface area contributed by atoms with Crippen molar-refractivity contribution in [3.8, 4) is 0 Å². The Morgan fingerprint density at radius 3 is 2.92 bits per heavy atom. The van der Waals surface area contributed by atoms with Crippen molar-refractivity contribution in [1.29, 1.82) is 0 Å². The molecule has 12 heavy (non-hydrogen) atoms. The number of nitrogens with one attached hydrogen (secondary N) is 1. The van der Waals surface area contributed by atoms with E-state index in [1.807, 2.05) is 25.2 Å². The van der Waals surface area contributed by atoms with Crippen LogP contribution in [0.2, 0.25) is 0 Å². The second kappa shape index (κ2) is 4.26. The summed E-state index contributed by atoms with van der Waals surface area (Å²) in [6.07, 6.45) is 1.36. The van der Waals surface area contributed by atoms with Crippen LogP contribution in [0.4, 0.5) is 5.69 Å². The van der Waals surface area contributed by atoms with E-state index in [0.29, 0.717) is 6.42 Å². The van der Waals surface area contributed by atoms with Gasteiger partial charge in [0.25, 0.3) is 0 Å². The number of carbonyl (C=O) groups excluding carboxylic acids is 1. The van der Waals surface area contributed by atoms with E-state index in [-0.39, 0.29) is 0 Å². The highest BCUT2D eigenvalue weighted by molar-refractivity contribution is 9.10. The highest BCUT2D eigenvalue weighted by Gasteiger charge is 1.99. The fraction of sp³-hybridized carbons (Fsp3) is 0.222. The van der Waals surface area contributed by atoms with Crippen molar-refractivity contribution in [1.82, 2.24) is 0 Å². The molecule has 3 heteroatoms. The van der Waals surface area contributed by atoms with Crippen LogP contribution in [0.1, 0.15) is 5.56 Å². The van der Waals surface area contributed by atoms with Crippen molar-refractivity contribution in [3.63, 3.8) is 0 Å². The van der Waals surface area contributed by atoms with E-state index in [4.69, 9.17) is 0 Å². The van der Waals surface area contributed by atoms with E-state index in [9.17, 15) is 4.79 Å². The second-order valence-corrected chi connectivity index (χ2v) is 3.34. The molecule has 1 N–H and O–H groups in total. The summed E-state index contributed by atoms with van der Waals surface area (Å²) in [4.78, 5) is 10.3. The molecule has 0 fully saturated rings. The van der Waals surface area contributed by atoms with Crippen molar-refractivity contribution in [2.45, 2.75) is 6.42 Å². The molecule has 1 aromatic rings. The maximum absolute atomic E-state index is 10.3. The highest BCUT2D eigenvalue weighted by Crippen LogP contribution is 2.20. The molecule has 64 valence electrons. The first-order chi connectivity index (χ1) is 5.77. The molecule has 1 aromatic carbocycles. The van der Waals surface area contributed by atoms with Gasteiger partial charge in [-0.15, -0.1) is 0 Å². The molecular formula is C9H10BrNO. The molecule has 0 aliphatic carbocycles. The van der Waals surface area contributed by atoms with Crippen LogP contribution in [-0.2, 0) is 11.2 Å². The fourth-order valence-corrected chi connectivity index (χ4v) is 1.47. The van der Waals surface area contributed by atoms with Crippen LogP contribution in [0, 0.1) is 0 Å². The Morgan fingerprint density at radius 2 is 2.33 bits per heavy atom. The van der Waals surface area contributed by atoms with Crippen molar-refractivity contribution in [3.05, 3.63) is 28.2 Å². The summed E-state index contributed by atoms with van der Waals surface area (Å²) in [5, 5.41) is 3.03. The summed E-state index contributed by atoms with van der Waals surface area (Å²) >= 11 is 3.35. The van der Waals surface area contributed by atoms with Crippen molar-refractivity contribution in [2.24, 2.45) is 0 Å². The number of hydrogen-bond donors (Lipinski definition) is 1. The molecule has 0 radical (unpaired) electrons. The van der Waals surface area contributed by atoms with E-state index < -0.39 is 0 Å². The highest BCUT2D eigenvalue weighted by atomic mass is 79.9. The van der Waals surface area contributed by atoms with E-state index in [0.717, 1.165) is 22.0 Å². The SMILES string of the molecule is CNc1ccc(Br)cc1CC=O. The van der Waals surface area contributed by atoms with Crippen LogP contribution in [0.5, 0.6) is 0 Å². The molecule has 0 heterocycles. The maximum atomic E-state index is 10.3. The lowest BCUT2D eigenvalue weighted by Gasteiger charge is -2.06. The summed E-state index contributed by atoms with van der Waals surface area (Å²) < 4.78 is 0.998. The number of aldehydes is 1. The molecule has 0 spiro atoms. The Hall–Kier alpha value is -0.830. The molecule has 0 aromatic heterocycles. The third-order valence-corrected chi connectivity index (χ3v) is 2.13. The molecule has 0 aliphatic rings. The molecule has 1 rings (SSSR count). The largest absolute Gasteiger partial charge is 0.388 e. The van der Waals surface area contributed by atoms with Crippen molar-refractivity contribution in [2.75, 3.05) is 12.4 Å². The third-order valence-electron chi connectivity index (χ3n) is 1.64. The average Bonchev–Trinajstić information content (AvgIpc) is 2.05. The van der Waals surface area contributed by atoms with Crippen LogP contribution in [0.25, 0.3) is 0 Å². The van der Waals surface area contributed by atoms with Gasteiger partial charge in [0, 0.05) is 23.6 Å². The fourth-order valence-electron chi connectivity index (χ4n) is 1.06. The van der Waals surface area contributed by atoms with E-state index in [1.165, 1.54) is 0 Å². The first-order valence-corrected chi connectivity index (χ1v) is 4.47. The smallest absolute Gasteiger partial charge is 0.124 e. The molecule has 0 saturated carbocycles. The summed E-state index contributed by atoms with van der Waals surface area (Å²) in [6, 6.07) is 5.84. The first kappa shape index (κ1) is 9.26. The van der Waals surface area contributed by atoms with Gasteiger partial charge >= 0.3 is 0 Å². The number of rotatable bonds is 3. The normalized spacial score (nSPS) is 9.50. The quantitative estimate of drug-likeness (QED) is 0.803. The molecular weight excluding hydrogens is 218 g/mol. The van der Waals surface area contributed by atoms with E-state index in [2.05, 4.69) is 21.2 Å². The average molecular weight is 228 g/mol. The Kier molecular flexibility index (Phi) is 3.29. The van der Waals surface area contributed by atoms with Crippen LogP contribution in [0.3, 0.4) is 0 Å². The van der Waals surface area contributed by atoms with Gasteiger partial charge in [0.1, 0.15) is 6.29 Å². The van der Waals surface area contributed by atoms with Crippen LogP contribution >= 0.6 is 15.9 Å². The number of hydrogen-bond acceptors (Lipinski definition) is 2. The van der Waals surface area contributed by atoms with Crippen molar-refractivity contribution < 1.29 is 4.79 Å². The van der Waals surface area contributed by atoms with Gasteiger partial charge in [-0.2, -0.15) is 0 Å². The molecule has 0 bridgehead atoms. The van der Waals surface area contributed by atoms with Gasteiger partial charge in [-0.25, -0.2) is 0 Å². The minimum absolute atomic E-state index is 0.454. The predicted octanol–water partition coefficient (Wildman–Crippen LogP) is 2.23. The Morgan fingerprint density at radius 1 is 1.58 bits per heavy atom. The number of halogens is 1. The van der Waals surface area contributed by atoms with Gasteiger partial charge in [-0.05, 0) is 23.8 Å². The zero-order valence-corrected chi connectivity index (χ0v) is 8.39. The molecule has 0 unspecified atom stereocenters. The summed E-state index contributed by atoms with van der Waals surface area (Å²) in [6.45, 7) is 0. The first-order valence-electron chi connectivity index (χ1n) is 3.67. The van der Waals surface area contributed by atoms with Gasteiger partial charge in [-0.1, -0.05) is 15.9 Å². The zero-order valence-electron chi connectivity index (χ0n) is 6.80. The Labute approximate surface area is 80.1 Å². The lowest BCUT2D eigenvalue weighted by molar-refractivity contribution is -0.107. The monoisotopic (exact) mass is 227 g/mol. The van der Waals surface area contributed by atoms with Gasteiger partial charge in [0.05, 0.1) is 0 Å². The summed E-state index contributed by atoms with van der Waals surface area (Å²) in [7, 11) is 1.84.